The van der Waals surface area contributed by atoms with E-state index in [-0.39, 0.29) is 0 Å². The third-order valence-corrected chi connectivity index (χ3v) is 2.33. The minimum absolute atomic E-state index is 0.318. The molecule has 4 nitrogen and oxygen atoms in total. The number of aromatic nitrogens is 2. The molecule has 1 heterocycles. The van der Waals surface area contributed by atoms with Crippen molar-refractivity contribution in [2.45, 2.75) is 0 Å². The van der Waals surface area contributed by atoms with Crippen molar-refractivity contribution in [3.05, 3.63) is 24.4 Å². The zero-order valence-electron chi connectivity index (χ0n) is 6.02. The maximum Gasteiger partial charge on any atom is 0.348 e. The van der Waals surface area contributed by atoms with Crippen LogP contribution >= 0.6 is 7.68 Å². The standard InChI is InChI=1S/C7H5N2O2P/c10-12(11)6-1-2-7-5(3-6)4-8-9-7/h1-4H,(H,8,9). The van der Waals surface area contributed by atoms with Crippen LogP contribution in [0.3, 0.4) is 0 Å². The van der Waals surface area contributed by atoms with Crippen LogP contribution in [0.15, 0.2) is 24.4 Å². The molecule has 1 N–H and O–H groups in total. The van der Waals surface area contributed by atoms with Crippen LogP contribution in [0.5, 0.6) is 0 Å². The molecular weight excluding hydrogens is 175 g/mol. The molecule has 2 aromatic rings. The fourth-order valence-electron chi connectivity index (χ4n) is 1.04. The molecule has 0 saturated heterocycles. The van der Waals surface area contributed by atoms with Crippen LogP contribution in [0.4, 0.5) is 0 Å². The minimum atomic E-state index is -2.49. The predicted molar refractivity (Wildman–Crippen MR) is 44.0 cm³/mol. The summed E-state index contributed by atoms with van der Waals surface area (Å²) in [7, 11) is -2.49. The van der Waals surface area contributed by atoms with E-state index in [0.717, 1.165) is 10.9 Å². The average molecular weight is 180 g/mol. The van der Waals surface area contributed by atoms with Crippen LogP contribution in [-0.4, -0.2) is 10.2 Å². The number of benzene rings is 1. The molecule has 60 valence electrons. The van der Waals surface area contributed by atoms with Crippen LogP contribution in [0.2, 0.25) is 0 Å². The Labute approximate surface area is 68.4 Å². The molecule has 2 rings (SSSR count). The molecule has 0 aliphatic carbocycles. The molecule has 5 heteroatoms. The maximum atomic E-state index is 10.6. The summed E-state index contributed by atoms with van der Waals surface area (Å²) in [6.07, 6.45) is 1.59. The van der Waals surface area contributed by atoms with Crippen LogP contribution in [0.1, 0.15) is 0 Å². The average Bonchev–Trinajstić information content (AvgIpc) is 2.49. The van der Waals surface area contributed by atoms with Gasteiger partial charge < -0.3 is 0 Å². The van der Waals surface area contributed by atoms with E-state index in [9.17, 15) is 9.13 Å². The first-order chi connectivity index (χ1) is 5.77. The van der Waals surface area contributed by atoms with Gasteiger partial charge in [0.2, 0.25) is 0 Å². The molecule has 0 aliphatic rings. The summed E-state index contributed by atoms with van der Waals surface area (Å²) in [4.78, 5) is 0. The highest BCUT2D eigenvalue weighted by molar-refractivity contribution is 7.40. The van der Waals surface area contributed by atoms with Crippen molar-refractivity contribution in [2.75, 3.05) is 0 Å². The zero-order chi connectivity index (χ0) is 8.55. The topological polar surface area (TPSA) is 62.8 Å². The SMILES string of the molecule is O=P(=O)c1ccc2[nH]ncc2c1. The van der Waals surface area contributed by atoms with E-state index in [2.05, 4.69) is 10.2 Å². The number of aromatic amines is 1. The number of hydrogen-bond acceptors (Lipinski definition) is 3. The third kappa shape index (κ3) is 1.06. The Morgan fingerprint density at radius 1 is 1.33 bits per heavy atom. The minimum Gasteiger partial charge on any atom is -0.278 e. The lowest BCUT2D eigenvalue weighted by atomic mass is 10.3. The Hall–Kier alpha value is -1.41. The summed E-state index contributed by atoms with van der Waals surface area (Å²) in [6, 6.07) is 4.83. The number of nitrogens with zero attached hydrogens (tertiary/aromatic N) is 1. The van der Waals surface area contributed by atoms with Gasteiger partial charge in [-0.25, -0.2) is 9.13 Å². The lowest BCUT2D eigenvalue weighted by Gasteiger charge is -1.87. The summed E-state index contributed by atoms with van der Waals surface area (Å²) in [5, 5.41) is 7.65. The van der Waals surface area contributed by atoms with Crippen molar-refractivity contribution in [1.82, 2.24) is 10.2 Å². The van der Waals surface area contributed by atoms with Gasteiger partial charge in [0.05, 0.1) is 17.0 Å². The molecule has 0 unspecified atom stereocenters. The molecule has 0 saturated carbocycles. The van der Waals surface area contributed by atoms with Gasteiger partial charge in [0.25, 0.3) is 0 Å². The van der Waals surface area contributed by atoms with Gasteiger partial charge in [0.1, 0.15) is 0 Å². The normalized spacial score (nSPS) is 10.3. The molecule has 0 aliphatic heterocycles. The zero-order valence-corrected chi connectivity index (χ0v) is 6.91. The fourth-order valence-corrected chi connectivity index (χ4v) is 1.48. The van der Waals surface area contributed by atoms with E-state index in [1.165, 1.54) is 0 Å². The second-order valence-corrected chi connectivity index (χ2v) is 3.43. The first-order valence-corrected chi connectivity index (χ1v) is 4.52. The molecule has 1 aromatic heterocycles. The van der Waals surface area contributed by atoms with Gasteiger partial charge in [-0.2, -0.15) is 5.10 Å². The van der Waals surface area contributed by atoms with E-state index >= 15 is 0 Å². The van der Waals surface area contributed by atoms with E-state index in [0.29, 0.717) is 5.30 Å². The van der Waals surface area contributed by atoms with Crippen molar-refractivity contribution in [2.24, 2.45) is 0 Å². The first-order valence-electron chi connectivity index (χ1n) is 3.35. The van der Waals surface area contributed by atoms with E-state index in [4.69, 9.17) is 0 Å². The number of hydrogen-bond donors (Lipinski definition) is 1. The van der Waals surface area contributed by atoms with Gasteiger partial charge in [-0.3, -0.25) is 5.10 Å². The van der Waals surface area contributed by atoms with Gasteiger partial charge in [0, 0.05) is 5.39 Å². The molecule has 0 bridgehead atoms. The summed E-state index contributed by atoms with van der Waals surface area (Å²) in [5.41, 5.74) is 0.843. The number of H-pyrrole nitrogens is 1. The largest absolute Gasteiger partial charge is 0.348 e. The third-order valence-electron chi connectivity index (χ3n) is 1.63. The Kier molecular flexibility index (Phi) is 1.55. The Morgan fingerprint density at radius 2 is 2.17 bits per heavy atom. The van der Waals surface area contributed by atoms with E-state index in [1.54, 1.807) is 24.4 Å². The van der Waals surface area contributed by atoms with Gasteiger partial charge >= 0.3 is 7.68 Å². The highest BCUT2D eigenvalue weighted by Gasteiger charge is 2.00. The van der Waals surface area contributed by atoms with Gasteiger partial charge in [-0.05, 0) is 18.2 Å². The van der Waals surface area contributed by atoms with E-state index < -0.39 is 7.68 Å². The van der Waals surface area contributed by atoms with Crippen LogP contribution in [0.25, 0.3) is 10.9 Å². The Balaban J connectivity index is 2.76. The molecule has 1 aromatic carbocycles. The molecule has 12 heavy (non-hydrogen) atoms. The monoisotopic (exact) mass is 180 g/mol. The predicted octanol–water partition coefficient (Wildman–Crippen LogP) is 1.36. The van der Waals surface area contributed by atoms with Crippen molar-refractivity contribution in [3.63, 3.8) is 0 Å². The molecule has 0 radical (unpaired) electrons. The highest BCUT2D eigenvalue weighted by atomic mass is 31.1. The summed E-state index contributed by atoms with van der Waals surface area (Å²) in [6.45, 7) is 0. The fraction of sp³-hybridized carbons (Fsp3) is 0. The quantitative estimate of drug-likeness (QED) is 0.674. The van der Waals surface area contributed by atoms with Crippen molar-refractivity contribution in [1.29, 1.82) is 0 Å². The van der Waals surface area contributed by atoms with Gasteiger partial charge in [0.15, 0.2) is 0 Å². The first kappa shape index (κ1) is 7.25. The van der Waals surface area contributed by atoms with Crippen LogP contribution in [0, 0.1) is 0 Å². The number of fused-ring (bicyclic) bond motifs is 1. The molecule has 0 amide bonds. The van der Waals surface area contributed by atoms with Crippen molar-refractivity contribution >= 4 is 23.9 Å². The molecular formula is C7H5N2O2P. The second kappa shape index (κ2) is 2.57. The summed E-state index contributed by atoms with van der Waals surface area (Å²) < 4.78 is 21.1. The molecule has 0 atom stereocenters. The lowest BCUT2D eigenvalue weighted by molar-refractivity contribution is 0.523. The second-order valence-electron chi connectivity index (χ2n) is 2.40. The number of nitrogens with one attached hydrogen (secondary N) is 1. The summed E-state index contributed by atoms with van der Waals surface area (Å²) in [5.74, 6) is 0. The maximum absolute atomic E-state index is 10.6. The molecule has 0 fully saturated rings. The highest BCUT2D eigenvalue weighted by Crippen LogP contribution is 2.12. The van der Waals surface area contributed by atoms with Gasteiger partial charge in [-0.1, -0.05) is 0 Å². The van der Waals surface area contributed by atoms with Crippen molar-refractivity contribution in [3.8, 4) is 0 Å². The summed E-state index contributed by atoms with van der Waals surface area (Å²) >= 11 is 0. The Bertz CT molecular complexity index is 479. The van der Waals surface area contributed by atoms with E-state index in [1.807, 2.05) is 0 Å². The van der Waals surface area contributed by atoms with Crippen molar-refractivity contribution < 1.29 is 9.13 Å². The smallest absolute Gasteiger partial charge is 0.278 e. The van der Waals surface area contributed by atoms with Crippen LogP contribution in [-0.2, 0) is 9.13 Å². The number of rotatable bonds is 1. The van der Waals surface area contributed by atoms with Gasteiger partial charge in [-0.15, -0.1) is 0 Å². The Morgan fingerprint density at radius 3 is 2.92 bits per heavy atom. The molecule has 0 spiro atoms. The lowest BCUT2D eigenvalue weighted by Crippen LogP contribution is -1.89. The van der Waals surface area contributed by atoms with Crippen LogP contribution < -0.4 is 5.30 Å².